The van der Waals surface area contributed by atoms with E-state index in [1.165, 1.54) is 12.1 Å². The number of benzene rings is 1. The first-order valence-corrected chi connectivity index (χ1v) is 6.97. The topological polar surface area (TPSA) is 59.4 Å². The van der Waals surface area contributed by atoms with E-state index < -0.39 is 5.97 Å². The van der Waals surface area contributed by atoms with Crippen LogP contribution in [-0.4, -0.2) is 16.1 Å². The van der Waals surface area contributed by atoms with Crippen molar-refractivity contribution in [3.63, 3.8) is 0 Å². The van der Waals surface area contributed by atoms with Crippen LogP contribution in [0.3, 0.4) is 0 Å². The standard InChI is InChI=1S/C13H8BrCl2NO3/c14-8-1-7(4-17-5-8)6-20-12-10(13(18)19)2-9(15)3-11(12)16/h1-5H,6H2,(H,18,19). The van der Waals surface area contributed by atoms with E-state index in [2.05, 4.69) is 20.9 Å². The average molecular weight is 377 g/mol. The maximum atomic E-state index is 11.2. The van der Waals surface area contributed by atoms with Crippen molar-refractivity contribution in [3.8, 4) is 5.75 Å². The molecule has 0 spiro atoms. The van der Waals surface area contributed by atoms with Crippen LogP contribution in [0.4, 0.5) is 0 Å². The highest BCUT2D eigenvalue weighted by molar-refractivity contribution is 9.10. The molecule has 1 heterocycles. The number of halogens is 3. The summed E-state index contributed by atoms with van der Waals surface area (Å²) >= 11 is 15.1. The molecule has 1 N–H and O–H groups in total. The molecule has 104 valence electrons. The Labute approximate surface area is 133 Å². The molecule has 7 heteroatoms. The zero-order chi connectivity index (χ0) is 14.7. The van der Waals surface area contributed by atoms with Crippen molar-refractivity contribution in [2.24, 2.45) is 0 Å². The van der Waals surface area contributed by atoms with Crippen molar-refractivity contribution in [2.75, 3.05) is 0 Å². The normalized spacial score (nSPS) is 10.3. The molecule has 0 aliphatic heterocycles. The molecule has 0 atom stereocenters. The summed E-state index contributed by atoms with van der Waals surface area (Å²) in [6.45, 7) is 0.147. The number of carboxylic acids is 1. The molecule has 4 nitrogen and oxygen atoms in total. The Bertz CT molecular complexity index is 664. The summed E-state index contributed by atoms with van der Waals surface area (Å²) in [6.07, 6.45) is 3.26. The van der Waals surface area contributed by atoms with Crippen LogP contribution in [-0.2, 0) is 6.61 Å². The van der Waals surface area contributed by atoms with Gasteiger partial charge in [-0.1, -0.05) is 23.2 Å². The van der Waals surface area contributed by atoms with Gasteiger partial charge in [0.1, 0.15) is 12.2 Å². The summed E-state index contributed by atoms with van der Waals surface area (Å²) in [4.78, 5) is 15.2. The number of hydrogen-bond acceptors (Lipinski definition) is 3. The van der Waals surface area contributed by atoms with E-state index in [0.29, 0.717) is 0 Å². The van der Waals surface area contributed by atoms with Gasteiger partial charge in [0.05, 0.1) is 5.02 Å². The summed E-state index contributed by atoms with van der Waals surface area (Å²) in [5.74, 6) is -1.07. The molecule has 0 aliphatic carbocycles. The molecule has 2 rings (SSSR count). The predicted molar refractivity (Wildman–Crippen MR) is 79.7 cm³/mol. The van der Waals surface area contributed by atoms with Crippen LogP contribution in [0.25, 0.3) is 0 Å². The minimum absolute atomic E-state index is 0.0783. The van der Waals surface area contributed by atoms with Gasteiger partial charge >= 0.3 is 5.97 Å². The summed E-state index contributed by atoms with van der Waals surface area (Å²) in [5, 5.41) is 9.53. The number of carboxylic acid groups (broad SMARTS) is 1. The summed E-state index contributed by atoms with van der Waals surface area (Å²) < 4.78 is 6.30. The highest BCUT2D eigenvalue weighted by Gasteiger charge is 2.16. The van der Waals surface area contributed by atoms with Gasteiger partial charge in [0.25, 0.3) is 0 Å². The fourth-order valence-corrected chi connectivity index (χ4v) is 2.52. The van der Waals surface area contributed by atoms with Crippen molar-refractivity contribution < 1.29 is 14.6 Å². The van der Waals surface area contributed by atoms with E-state index in [4.69, 9.17) is 33.0 Å². The fraction of sp³-hybridized carbons (Fsp3) is 0.0769. The predicted octanol–water partition coefficient (Wildman–Crippen LogP) is 4.43. The minimum Gasteiger partial charge on any atom is -0.486 e. The van der Waals surface area contributed by atoms with Gasteiger partial charge < -0.3 is 9.84 Å². The number of ether oxygens (including phenoxy) is 1. The SMILES string of the molecule is O=C(O)c1cc(Cl)cc(Cl)c1OCc1cncc(Br)c1. The van der Waals surface area contributed by atoms with E-state index in [1.807, 2.05) is 6.07 Å². The Morgan fingerprint density at radius 1 is 1.30 bits per heavy atom. The van der Waals surface area contributed by atoms with Crippen molar-refractivity contribution in [2.45, 2.75) is 6.61 Å². The maximum absolute atomic E-state index is 11.2. The molecule has 0 saturated heterocycles. The van der Waals surface area contributed by atoms with Gasteiger partial charge in [0.2, 0.25) is 0 Å². The molecule has 0 radical (unpaired) electrons. The zero-order valence-corrected chi connectivity index (χ0v) is 13.0. The van der Waals surface area contributed by atoms with Gasteiger partial charge in [-0.25, -0.2) is 4.79 Å². The number of carbonyl (C=O) groups is 1. The Kier molecular flexibility index (Phi) is 4.86. The maximum Gasteiger partial charge on any atom is 0.339 e. The van der Waals surface area contributed by atoms with Crippen LogP contribution >= 0.6 is 39.1 Å². The Balaban J connectivity index is 2.27. The Morgan fingerprint density at radius 2 is 2.05 bits per heavy atom. The lowest BCUT2D eigenvalue weighted by Gasteiger charge is -2.11. The van der Waals surface area contributed by atoms with E-state index >= 15 is 0 Å². The first-order valence-electron chi connectivity index (χ1n) is 5.42. The molecule has 20 heavy (non-hydrogen) atoms. The first-order chi connectivity index (χ1) is 9.47. The quantitative estimate of drug-likeness (QED) is 0.857. The highest BCUT2D eigenvalue weighted by atomic mass is 79.9. The van der Waals surface area contributed by atoms with Crippen molar-refractivity contribution in [3.05, 3.63) is 56.2 Å². The van der Waals surface area contributed by atoms with Crippen LogP contribution in [0.1, 0.15) is 15.9 Å². The van der Waals surface area contributed by atoms with Crippen molar-refractivity contribution >= 4 is 45.1 Å². The molecule has 1 aromatic carbocycles. The van der Waals surface area contributed by atoms with E-state index in [-0.39, 0.29) is 28.0 Å². The molecular formula is C13H8BrCl2NO3. The van der Waals surface area contributed by atoms with E-state index in [9.17, 15) is 4.79 Å². The molecule has 1 aromatic heterocycles. The lowest BCUT2D eigenvalue weighted by atomic mass is 10.2. The Hall–Kier alpha value is -1.30. The first kappa shape index (κ1) is 15.1. The van der Waals surface area contributed by atoms with E-state index in [1.54, 1.807) is 12.4 Å². The Morgan fingerprint density at radius 3 is 2.70 bits per heavy atom. The number of aromatic nitrogens is 1. The van der Waals surface area contributed by atoms with Gasteiger partial charge in [-0.3, -0.25) is 4.98 Å². The number of nitrogens with zero attached hydrogens (tertiary/aromatic N) is 1. The van der Waals surface area contributed by atoms with Gasteiger partial charge in [-0.2, -0.15) is 0 Å². The smallest absolute Gasteiger partial charge is 0.339 e. The molecule has 0 aliphatic rings. The molecule has 0 amide bonds. The van der Waals surface area contributed by atoms with E-state index in [0.717, 1.165) is 10.0 Å². The van der Waals surface area contributed by atoms with Gasteiger partial charge in [0, 0.05) is 27.5 Å². The van der Waals surface area contributed by atoms with Crippen LogP contribution in [0.15, 0.2) is 35.1 Å². The van der Waals surface area contributed by atoms with Crippen LogP contribution in [0, 0.1) is 0 Å². The summed E-state index contributed by atoms with van der Waals surface area (Å²) in [7, 11) is 0. The third-order valence-electron chi connectivity index (χ3n) is 2.38. The largest absolute Gasteiger partial charge is 0.486 e. The summed E-state index contributed by atoms with van der Waals surface area (Å²) in [5.41, 5.74) is 0.701. The van der Waals surface area contributed by atoms with Crippen molar-refractivity contribution in [1.82, 2.24) is 4.98 Å². The number of pyridine rings is 1. The number of hydrogen-bond donors (Lipinski definition) is 1. The summed E-state index contributed by atoms with van der Waals surface area (Å²) in [6, 6.07) is 4.55. The van der Waals surface area contributed by atoms with Crippen LogP contribution in [0.2, 0.25) is 10.0 Å². The molecule has 2 aromatic rings. The van der Waals surface area contributed by atoms with Gasteiger partial charge in [-0.05, 0) is 34.1 Å². The molecule has 0 saturated carbocycles. The lowest BCUT2D eigenvalue weighted by molar-refractivity contribution is 0.0691. The van der Waals surface area contributed by atoms with Crippen LogP contribution < -0.4 is 4.74 Å². The fourth-order valence-electron chi connectivity index (χ4n) is 1.56. The third-order valence-corrected chi connectivity index (χ3v) is 3.32. The minimum atomic E-state index is -1.16. The monoisotopic (exact) mass is 375 g/mol. The molecular weight excluding hydrogens is 369 g/mol. The van der Waals surface area contributed by atoms with Gasteiger partial charge in [0.15, 0.2) is 5.75 Å². The molecule has 0 bridgehead atoms. The second-order valence-corrected chi connectivity index (χ2v) is 5.63. The number of aromatic carboxylic acids is 1. The third kappa shape index (κ3) is 3.62. The van der Waals surface area contributed by atoms with Crippen LogP contribution in [0.5, 0.6) is 5.75 Å². The number of rotatable bonds is 4. The highest BCUT2D eigenvalue weighted by Crippen LogP contribution is 2.33. The van der Waals surface area contributed by atoms with Crippen molar-refractivity contribution in [1.29, 1.82) is 0 Å². The molecule has 0 unspecified atom stereocenters. The zero-order valence-electron chi connectivity index (χ0n) is 9.94. The second-order valence-electron chi connectivity index (χ2n) is 3.87. The second kappa shape index (κ2) is 6.43. The van der Waals surface area contributed by atoms with Gasteiger partial charge in [-0.15, -0.1) is 0 Å². The lowest BCUT2D eigenvalue weighted by Crippen LogP contribution is -2.04. The molecule has 0 fully saturated rings. The average Bonchev–Trinajstić information content (AvgIpc) is 2.36.